The van der Waals surface area contributed by atoms with Crippen molar-refractivity contribution in [2.45, 2.75) is 45.1 Å². The lowest BCUT2D eigenvalue weighted by molar-refractivity contribution is 0.0904. The molecule has 0 amide bonds. The minimum Gasteiger partial charge on any atom is -0.379 e. The Hall–Kier alpha value is -0.860. The maximum Gasteiger partial charge on any atom is 0.0661 e. The topological polar surface area (TPSA) is 21.3 Å². The minimum absolute atomic E-state index is 0.312. The van der Waals surface area contributed by atoms with Crippen molar-refractivity contribution in [2.24, 2.45) is 5.92 Å². The van der Waals surface area contributed by atoms with E-state index in [1.807, 2.05) is 7.05 Å². The third-order valence-corrected chi connectivity index (χ3v) is 4.32. The Morgan fingerprint density at radius 3 is 2.53 bits per heavy atom. The predicted molar refractivity (Wildman–Crippen MR) is 80.4 cm³/mol. The van der Waals surface area contributed by atoms with Crippen LogP contribution in [0.3, 0.4) is 0 Å². The summed E-state index contributed by atoms with van der Waals surface area (Å²) in [7, 11) is 2.01. The van der Waals surface area contributed by atoms with Crippen LogP contribution in [0.25, 0.3) is 0 Å². The number of nitrogens with one attached hydrogen (secondary N) is 1. The Morgan fingerprint density at radius 1 is 1.26 bits per heavy atom. The van der Waals surface area contributed by atoms with Crippen molar-refractivity contribution < 1.29 is 4.74 Å². The Bertz CT molecular complexity index is 356. The molecule has 0 aromatic heterocycles. The number of hydrogen-bond acceptors (Lipinski definition) is 2. The van der Waals surface area contributed by atoms with Gasteiger partial charge < -0.3 is 10.1 Å². The summed E-state index contributed by atoms with van der Waals surface area (Å²) in [5.41, 5.74) is 2.72. The van der Waals surface area contributed by atoms with Crippen LogP contribution in [0.2, 0.25) is 0 Å². The normalized spacial score (nSPS) is 17.2. The highest BCUT2D eigenvalue weighted by atomic mass is 16.5. The van der Waals surface area contributed by atoms with E-state index < -0.39 is 0 Å². The Balaban J connectivity index is 1.74. The molecule has 1 fully saturated rings. The largest absolute Gasteiger partial charge is 0.379 e. The summed E-state index contributed by atoms with van der Waals surface area (Å²) in [5.74, 6) is 0.942. The van der Waals surface area contributed by atoms with Crippen molar-refractivity contribution >= 4 is 0 Å². The second kappa shape index (κ2) is 7.66. The number of likely N-dealkylation sites (N-methyl/N-ethyl adjacent to an activating group) is 1. The van der Waals surface area contributed by atoms with Crippen LogP contribution >= 0.6 is 0 Å². The highest BCUT2D eigenvalue weighted by Crippen LogP contribution is 2.29. The molecule has 2 nitrogen and oxygen atoms in total. The zero-order chi connectivity index (χ0) is 13.5. The highest BCUT2D eigenvalue weighted by molar-refractivity contribution is 5.25. The maximum absolute atomic E-state index is 5.84. The van der Waals surface area contributed by atoms with Crippen LogP contribution in [0.15, 0.2) is 24.3 Å². The molecule has 0 radical (unpaired) electrons. The summed E-state index contributed by atoms with van der Waals surface area (Å²) in [5, 5.41) is 3.35. The van der Waals surface area contributed by atoms with E-state index in [4.69, 9.17) is 4.74 Å². The van der Waals surface area contributed by atoms with Gasteiger partial charge in [0.05, 0.1) is 12.6 Å². The summed E-state index contributed by atoms with van der Waals surface area (Å²) >= 11 is 0. The maximum atomic E-state index is 5.84. The van der Waals surface area contributed by atoms with Crippen molar-refractivity contribution in [2.75, 3.05) is 20.3 Å². The Labute approximate surface area is 117 Å². The molecule has 0 aliphatic heterocycles. The molecule has 1 unspecified atom stereocenters. The summed E-state index contributed by atoms with van der Waals surface area (Å²) in [6.07, 6.45) is 6.59. The first-order valence-electron chi connectivity index (χ1n) is 7.67. The van der Waals surface area contributed by atoms with Gasteiger partial charge in [0, 0.05) is 6.61 Å². The van der Waals surface area contributed by atoms with E-state index in [-0.39, 0.29) is 0 Å². The van der Waals surface area contributed by atoms with Crippen molar-refractivity contribution in [3.63, 3.8) is 0 Å². The molecule has 1 atom stereocenters. The molecule has 106 valence electrons. The fourth-order valence-corrected chi connectivity index (χ4v) is 2.56. The first kappa shape index (κ1) is 14.5. The van der Waals surface area contributed by atoms with E-state index in [1.165, 1.54) is 36.8 Å². The van der Waals surface area contributed by atoms with Gasteiger partial charge >= 0.3 is 0 Å². The van der Waals surface area contributed by atoms with Crippen LogP contribution in [0.5, 0.6) is 0 Å². The number of ether oxygens (including phenoxy) is 1. The molecule has 0 heterocycles. The first-order chi connectivity index (χ1) is 9.33. The second-order valence-corrected chi connectivity index (χ2v) is 5.60. The van der Waals surface area contributed by atoms with Gasteiger partial charge in [-0.05, 0) is 36.9 Å². The summed E-state index contributed by atoms with van der Waals surface area (Å²) in [4.78, 5) is 0. The third kappa shape index (κ3) is 4.32. The second-order valence-electron chi connectivity index (χ2n) is 5.60. The van der Waals surface area contributed by atoms with E-state index in [1.54, 1.807) is 0 Å². The van der Waals surface area contributed by atoms with Gasteiger partial charge in [0.25, 0.3) is 0 Å². The van der Waals surface area contributed by atoms with Gasteiger partial charge in [0.2, 0.25) is 0 Å². The van der Waals surface area contributed by atoms with Crippen molar-refractivity contribution in [3.05, 3.63) is 35.4 Å². The minimum atomic E-state index is 0.312. The van der Waals surface area contributed by atoms with Crippen LogP contribution in [-0.4, -0.2) is 20.3 Å². The Morgan fingerprint density at radius 2 is 2.00 bits per heavy atom. The van der Waals surface area contributed by atoms with Gasteiger partial charge in [-0.15, -0.1) is 0 Å². The molecule has 0 bridgehead atoms. The fraction of sp³-hybridized carbons (Fsp3) is 0.647. The summed E-state index contributed by atoms with van der Waals surface area (Å²) in [6, 6.07) is 9.18. The number of benzene rings is 1. The SMILES string of the molecule is CCc1ccc(C(COCCC2CCC2)NC)cc1. The molecule has 1 N–H and O–H groups in total. The molecule has 1 aliphatic carbocycles. The smallest absolute Gasteiger partial charge is 0.0661 e. The van der Waals surface area contributed by atoms with E-state index >= 15 is 0 Å². The van der Waals surface area contributed by atoms with Crippen LogP contribution in [0, 0.1) is 5.92 Å². The Kier molecular flexibility index (Phi) is 5.87. The number of aryl methyl sites for hydroxylation is 1. The average molecular weight is 261 g/mol. The molecule has 19 heavy (non-hydrogen) atoms. The molecule has 2 rings (SSSR count). The van der Waals surface area contributed by atoms with E-state index in [0.717, 1.165) is 25.6 Å². The molecule has 2 heteroatoms. The van der Waals surface area contributed by atoms with Crippen LogP contribution < -0.4 is 5.32 Å². The summed E-state index contributed by atoms with van der Waals surface area (Å²) < 4.78 is 5.84. The predicted octanol–water partition coefficient (Wildman–Crippen LogP) is 3.72. The molecule has 0 spiro atoms. The van der Waals surface area contributed by atoms with Gasteiger partial charge in [-0.3, -0.25) is 0 Å². The van der Waals surface area contributed by atoms with Gasteiger partial charge in [-0.25, -0.2) is 0 Å². The summed E-state index contributed by atoms with van der Waals surface area (Å²) in [6.45, 7) is 3.87. The molecular weight excluding hydrogens is 234 g/mol. The average Bonchev–Trinajstić information content (AvgIpc) is 2.41. The van der Waals surface area contributed by atoms with Gasteiger partial charge in [-0.2, -0.15) is 0 Å². The zero-order valence-electron chi connectivity index (χ0n) is 12.3. The van der Waals surface area contributed by atoms with Crippen molar-refractivity contribution in [1.82, 2.24) is 5.32 Å². The lowest BCUT2D eigenvalue weighted by atomic mass is 9.83. The number of hydrogen-bond donors (Lipinski definition) is 1. The third-order valence-electron chi connectivity index (χ3n) is 4.32. The molecule has 1 saturated carbocycles. The van der Waals surface area contributed by atoms with Crippen LogP contribution in [0.4, 0.5) is 0 Å². The lowest BCUT2D eigenvalue weighted by Gasteiger charge is -2.25. The molecule has 1 aliphatic rings. The van der Waals surface area contributed by atoms with Crippen molar-refractivity contribution in [1.29, 1.82) is 0 Å². The van der Waals surface area contributed by atoms with E-state index in [2.05, 4.69) is 36.5 Å². The fourth-order valence-electron chi connectivity index (χ4n) is 2.56. The molecule has 1 aromatic rings. The van der Waals surface area contributed by atoms with Gasteiger partial charge in [0.1, 0.15) is 0 Å². The quantitative estimate of drug-likeness (QED) is 0.720. The van der Waals surface area contributed by atoms with Crippen molar-refractivity contribution in [3.8, 4) is 0 Å². The molecule has 1 aromatic carbocycles. The first-order valence-corrected chi connectivity index (χ1v) is 7.67. The lowest BCUT2D eigenvalue weighted by Crippen LogP contribution is -2.23. The highest BCUT2D eigenvalue weighted by Gasteiger charge is 2.17. The standard InChI is InChI=1S/C17H27NO/c1-3-14-7-9-16(10-8-14)17(18-2)13-19-12-11-15-5-4-6-15/h7-10,15,17-18H,3-6,11-13H2,1-2H3. The molecular formula is C17H27NO. The van der Waals surface area contributed by atoms with Gasteiger partial charge in [-0.1, -0.05) is 50.5 Å². The van der Waals surface area contributed by atoms with E-state index in [0.29, 0.717) is 6.04 Å². The van der Waals surface area contributed by atoms with Crippen LogP contribution in [-0.2, 0) is 11.2 Å². The number of rotatable bonds is 8. The zero-order valence-corrected chi connectivity index (χ0v) is 12.3. The van der Waals surface area contributed by atoms with Gasteiger partial charge in [0.15, 0.2) is 0 Å². The van der Waals surface area contributed by atoms with Crippen LogP contribution in [0.1, 0.15) is 49.8 Å². The monoisotopic (exact) mass is 261 g/mol. The van der Waals surface area contributed by atoms with E-state index in [9.17, 15) is 0 Å². The molecule has 0 saturated heterocycles.